The van der Waals surface area contributed by atoms with Crippen molar-refractivity contribution in [3.8, 4) is 11.3 Å². The van der Waals surface area contributed by atoms with Crippen LogP contribution in [0.2, 0.25) is 0 Å². The number of rotatable bonds is 6. The fraction of sp³-hybridized carbons (Fsp3) is 0.357. The Morgan fingerprint density at radius 2 is 1.77 bits per heavy atom. The number of amides is 1. The molecule has 3 N–H and O–H groups in total. The van der Waals surface area contributed by atoms with Crippen molar-refractivity contribution in [2.45, 2.75) is 52.1 Å². The number of hydrogen-bond acceptors (Lipinski definition) is 4. The number of carbonyl (C=O) groups is 1. The molecule has 1 saturated carbocycles. The van der Waals surface area contributed by atoms with Crippen molar-refractivity contribution in [3.05, 3.63) is 77.0 Å². The van der Waals surface area contributed by atoms with Crippen molar-refractivity contribution < 1.29 is 9.18 Å². The van der Waals surface area contributed by atoms with Gasteiger partial charge in [0.15, 0.2) is 0 Å². The van der Waals surface area contributed by atoms with E-state index in [1.165, 1.54) is 23.3 Å². The highest BCUT2D eigenvalue weighted by atomic mass is 19.1. The Labute approximate surface area is 205 Å². The van der Waals surface area contributed by atoms with E-state index < -0.39 is 5.54 Å². The largest absolute Gasteiger partial charge is 0.354 e. The van der Waals surface area contributed by atoms with Gasteiger partial charge in [0.1, 0.15) is 11.6 Å². The fourth-order valence-corrected chi connectivity index (χ4v) is 4.94. The first-order valence-corrected chi connectivity index (χ1v) is 12.3. The number of aromatic nitrogens is 2. The van der Waals surface area contributed by atoms with Crippen LogP contribution in [0.5, 0.6) is 0 Å². The summed E-state index contributed by atoms with van der Waals surface area (Å²) in [5.41, 5.74) is 12.4. The van der Waals surface area contributed by atoms with Crippen LogP contribution >= 0.6 is 0 Å². The Kier molecular flexibility index (Phi) is 5.97. The summed E-state index contributed by atoms with van der Waals surface area (Å²) in [6, 6.07) is 15.0. The molecule has 35 heavy (non-hydrogen) atoms. The monoisotopic (exact) mass is 473 g/mol. The lowest BCUT2D eigenvalue weighted by Gasteiger charge is -2.42. The molecule has 2 aliphatic rings. The lowest BCUT2D eigenvalue weighted by Crippen LogP contribution is -2.53. The number of anilines is 1. The number of hydrogen-bond donors (Lipinski definition) is 2. The second kappa shape index (κ2) is 8.96. The molecule has 1 aromatic heterocycles. The molecule has 3 aromatic rings. The molecule has 0 radical (unpaired) electrons. The molecule has 1 amide bonds. The Bertz CT molecular complexity index is 1280. The molecule has 7 heteroatoms. The van der Waals surface area contributed by atoms with Gasteiger partial charge < -0.3 is 20.5 Å². The van der Waals surface area contributed by atoms with E-state index in [-0.39, 0.29) is 18.3 Å². The average Bonchev–Trinajstić information content (AvgIpc) is 3.63. The molecule has 0 spiro atoms. The van der Waals surface area contributed by atoms with E-state index in [0.29, 0.717) is 13.1 Å². The van der Waals surface area contributed by atoms with Crippen molar-refractivity contribution in [1.29, 1.82) is 0 Å². The second-order valence-corrected chi connectivity index (χ2v) is 9.75. The predicted octanol–water partition coefficient (Wildman–Crippen LogP) is 4.90. The summed E-state index contributed by atoms with van der Waals surface area (Å²) in [4.78, 5) is 19.6. The fourth-order valence-electron chi connectivity index (χ4n) is 4.94. The minimum atomic E-state index is -0.635. The van der Waals surface area contributed by atoms with Crippen molar-refractivity contribution >= 4 is 17.3 Å². The van der Waals surface area contributed by atoms with Crippen molar-refractivity contribution in [3.63, 3.8) is 0 Å². The number of fused-ring (bicyclic) bond motifs is 1. The molecule has 182 valence electrons. The van der Waals surface area contributed by atoms with E-state index in [4.69, 9.17) is 10.7 Å². The van der Waals surface area contributed by atoms with Gasteiger partial charge in [-0.05, 0) is 80.6 Å². The Hall–Kier alpha value is -3.45. The van der Waals surface area contributed by atoms with E-state index in [2.05, 4.69) is 41.1 Å². The van der Waals surface area contributed by atoms with Gasteiger partial charge in [0.2, 0.25) is 5.91 Å². The van der Waals surface area contributed by atoms with Crippen LogP contribution in [-0.4, -0.2) is 33.4 Å². The summed E-state index contributed by atoms with van der Waals surface area (Å²) >= 11 is 0. The van der Waals surface area contributed by atoms with E-state index in [1.54, 1.807) is 12.1 Å². The molecule has 2 heterocycles. The number of nitrogens with two attached hydrogens (primary N) is 1. The van der Waals surface area contributed by atoms with Crippen LogP contribution in [0, 0.1) is 5.82 Å². The van der Waals surface area contributed by atoms with Gasteiger partial charge in [-0.3, -0.25) is 4.79 Å². The number of allylic oxidation sites excluding steroid dienone is 1. The average molecular weight is 474 g/mol. The Balaban J connectivity index is 1.67. The van der Waals surface area contributed by atoms with Crippen molar-refractivity contribution in [1.82, 2.24) is 14.5 Å². The molecule has 0 unspecified atom stereocenters. The first kappa shape index (κ1) is 23.3. The summed E-state index contributed by atoms with van der Waals surface area (Å²) in [6.07, 6.45) is 3.05. The van der Waals surface area contributed by atoms with Gasteiger partial charge in [-0.15, -0.1) is 0 Å². The predicted molar refractivity (Wildman–Crippen MR) is 137 cm³/mol. The van der Waals surface area contributed by atoms with E-state index in [1.807, 2.05) is 18.7 Å². The first-order valence-electron chi connectivity index (χ1n) is 12.3. The minimum absolute atomic E-state index is 0.0353. The number of carbonyl (C=O) groups excluding carboxylic acids is 1. The van der Waals surface area contributed by atoms with Crippen LogP contribution in [-0.2, 0) is 23.3 Å². The highest BCUT2D eigenvalue weighted by molar-refractivity contribution is 5.87. The summed E-state index contributed by atoms with van der Waals surface area (Å²) < 4.78 is 16.0. The highest BCUT2D eigenvalue weighted by Gasteiger charge is 2.42. The zero-order valence-electron chi connectivity index (χ0n) is 20.6. The maximum Gasteiger partial charge on any atom is 0.237 e. The molecule has 0 saturated heterocycles. The highest BCUT2D eigenvalue weighted by Crippen LogP contribution is 2.43. The molecule has 0 bridgehead atoms. The molecular weight excluding hydrogens is 441 g/mol. The molecule has 6 nitrogen and oxygen atoms in total. The zero-order chi connectivity index (χ0) is 24.7. The molecule has 5 rings (SSSR count). The van der Waals surface area contributed by atoms with E-state index >= 15 is 0 Å². The third-order valence-corrected chi connectivity index (χ3v) is 7.05. The number of aryl methyl sites for hydroxylation is 1. The van der Waals surface area contributed by atoms with E-state index in [0.717, 1.165) is 53.4 Å². The van der Waals surface area contributed by atoms with E-state index in [9.17, 15) is 9.18 Å². The number of halogens is 1. The standard InChI is InChI=1S/C28H32FN5O/c1-4-18-5-13-22(14-6-18)31-24(19-7-8-19)26-25(20-9-11-21(29)12-10-20)32-27-28(2,3)34(23(35)17-30)16-15-33(26)27/h5-6,9-14,31H,4,7-8,15-17,30H2,1-3H3. The van der Waals surface area contributed by atoms with Gasteiger partial charge >= 0.3 is 0 Å². The van der Waals surface area contributed by atoms with Crippen LogP contribution in [0.1, 0.15) is 50.7 Å². The summed E-state index contributed by atoms with van der Waals surface area (Å²) in [5.74, 6) is 0.431. The normalized spacial score (nSPS) is 16.1. The lowest BCUT2D eigenvalue weighted by molar-refractivity contribution is -0.137. The summed E-state index contributed by atoms with van der Waals surface area (Å²) in [6.45, 7) is 7.30. The Morgan fingerprint density at radius 1 is 1.09 bits per heavy atom. The zero-order valence-corrected chi connectivity index (χ0v) is 20.6. The minimum Gasteiger partial charge on any atom is -0.354 e. The van der Waals surface area contributed by atoms with Gasteiger partial charge in [-0.2, -0.15) is 0 Å². The lowest BCUT2D eigenvalue weighted by atomic mass is 9.98. The van der Waals surface area contributed by atoms with Gasteiger partial charge in [0.05, 0.1) is 29.2 Å². The van der Waals surface area contributed by atoms with Gasteiger partial charge in [0, 0.05) is 24.3 Å². The Morgan fingerprint density at radius 3 is 2.37 bits per heavy atom. The molecule has 1 aliphatic heterocycles. The van der Waals surface area contributed by atoms with Crippen LogP contribution in [0.15, 0.2) is 54.1 Å². The van der Waals surface area contributed by atoms with Gasteiger partial charge in [0.25, 0.3) is 0 Å². The maximum absolute atomic E-state index is 13.8. The topological polar surface area (TPSA) is 76.2 Å². The van der Waals surface area contributed by atoms with Gasteiger partial charge in [-0.25, -0.2) is 9.37 Å². The van der Waals surface area contributed by atoms with Crippen LogP contribution in [0.4, 0.5) is 10.1 Å². The number of nitrogens with zero attached hydrogens (tertiary/aromatic N) is 3. The number of imidazole rings is 1. The van der Waals surface area contributed by atoms with Crippen LogP contribution in [0.25, 0.3) is 17.0 Å². The van der Waals surface area contributed by atoms with Gasteiger partial charge in [-0.1, -0.05) is 19.1 Å². The number of benzene rings is 2. The molecule has 1 aliphatic carbocycles. The SMILES string of the molecule is CCc1ccc(NC(=C2CC2)c2c(-c3ccc(F)cc3)nc3n2CCN(C(=O)CN)C3(C)C)cc1. The summed E-state index contributed by atoms with van der Waals surface area (Å²) in [5, 5.41) is 3.68. The summed E-state index contributed by atoms with van der Waals surface area (Å²) in [7, 11) is 0. The maximum atomic E-state index is 13.8. The second-order valence-electron chi connectivity index (χ2n) is 9.75. The molecule has 1 fully saturated rings. The first-order chi connectivity index (χ1) is 16.8. The van der Waals surface area contributed by atoms with Crippen LogP contribution < -0.4 is 11.1 Å². The number of nitrogens with one attached hydrogen (secondary N) is 1. The quantitative estimate of drug-likeness (QED) is 0.534. The third-order valence-electron chi connectivity index (χ3n) is 7.05. The molecular formula is C28H32FN5O. The molecule has 2 aromatic carbocycles. The van der Waals surface area contributed by atoms with Crippen LogP contribution in [0.3, 0.4) is 0 Å². The molecule has 0 atom stereocenters. The van der Waals surface area contributed by atoms with Crippen molar-refractivity contribution in [2.75, 3.05) is 18.4 Å². The third kappa shape index (κ3) is 4.25. The smallest absolute Gasteiger partial charge is 0.237 e. The van der Waals surface area contributed by atoms with Crippen molar-refractivity contribution in [2.24, 2.45) is 5.73 Å².